The van der Waals surface area contributed by atoms with E-state index in [-0.39, 0.29) is 6.54 Å². The molecule has 0 atom stereocenters. The molecule has 136 valence electrons. The number of hydrogen-bond donors (Lipinski definition) is 0. The zero-order valence-electron chi connectivity index (χ0n) is 14.7. The minimum Gasteiger partial charge on any atom is -0.408 e. The molecule has 0 unspecified atom stereocenters. The minimum atomic E-state index is -0.564. The molecule has 2 heterocycles. The molecule has 0 bridgehead atoms. The molecule has 7 heteroatoms. The van der Waals surface area contributed by atoms with Crippen LogP contribution in [0.1, 0.15) is 5.56 Å². The van der Waals surface area contributed by atoms with E-state index < -0.39 is 11.7 Å². The highest BCUT2D eigenvalue weighted by atomic mass is 32.1. The molecule has 4 rings (SSSR count). The molecule has 2 aromatic heterocycles. The van der Waals surface area contributed by atoms with Gasteiger partial charge in [-0.1, -0.05) is 35.6 Å². The lowest BCUT2D eigenvalue weighted by atomic mass is 10.2. The molecule has 0 saturated carbocycles. The molecule has 0 saturated heterocycles. The second kappa shape index (κ2) is 6.85. The number of oxazole rings is 1. The van der Waals surface area contributed by atoms with Crippen LogP contribution in [-0.2, 0) is 17.9 Å². The highest BCUT2D eigenvalue weighted by Gasteiger charge is 2.13. The van der Waals surface area contributed by atoms with Crippen LogP contribution in [0.2, 0.25) is 0 Å². The van der Waals surface area contributed by atoms with Gasteiger partial charge in [-0.2, -0.15) is 4.99 Å². The molecule has 6 nitrogen and oxygen atoms in total. The molecule has 0 aliphatic rings. The first kappa shape index (κ1) is 17.2. The quantitative estimate of drug-likeness (QED) is 0.511. The predicted octanol–water partition coefficient (Wildman–Crippen LogP) is 3.23. The summed E-state index contributed by atoms with van der Waals surface area (Å²) in [6.07, 6.45) is 1.77. The van der Waals surface area contributed by atoms with Crippen LogP contribution in [0.5, 0.6) is 0 Å². The number of thiazole rings is 1. The van der Waals surface area contributed by atoms with E-state index in [1.807, 2.05) is 23.6 Å². The van der Waals surface area contributed by atoms with Gasteiger partial charge in [0, 0.05) is 6.54 Å². The molecule has 0 fully saturated rings. The summed E-state index contributed by atoms with van der Waals surface area (Å²) < 4.78 is 9.47. The molecule has 0 aliphatic heterocycles. The monoisotopic (exact) mass is 379 g/mol. The lowest BCUT2D eigenvalue weighted by Crippen LogP contribution is -2.22. The molecule has 0 radical (unpaired) electrons. The maximum absolute atomic E-state index is 12.6. The van der Waals surface area contributed by atoms with Gasteiger partial charge in [-0.3, -0.25) is 9.36 Å². The second-order valence-electron chi connectivity index (χ2n) is 6.18. The van der Waals surface area contributed by atoms with E-state index in [4.69, 9.17) is 4.42 Å². The Hall–Kier alpha value is -3.19. The number of carbonyl (C=O) groups is 1. The van der Waals surface area contributed by atoms with E-state index in [9.17, 15) is 9.59 Å². The summed E-state index contributed by atoms with van der Waals surface area (Å²) in [5.41, 5.74) is 3.18. The first-order valence-corrected chi connectivity index (χ1v) is 9.25. The average Bonchev–Trinajstić information content (AvgIpc) is 3.13. The van der Waals surface area contributed by atoms with Crippen LogP contribution >= 0.6 is 11.3 Å². The summed E-state index contributed by atoms with van der Waals surface area (Å²) in [6, 6.07) is 13.1. The number of para-hydroxylation sites is 2. The van der Waals surface area contributed by atoms with Crippen molar-refractivity contribution >= 4 is 38.6 Å². The van der Waals surface area contributed by atoms with Gasteiger partial charge in [0.25, 0.3) is 5.91 Å². The third kappa shape index (κ3) is 3.17. The number of nitrogens with zero attached hydrogens (tertiary/aromatic N) is 3. The Labute approximate surface area is 158 Å². The van der Waals surface area contributed by atoms with Crippen molar-refractivity contribution in [2.75, 3.05) is 0 Å². The summed E-state index contributed by atoms with van der Waals surface area (Å²) in [4.78, 5) is 29.5. The fraction of sp³-hybridized carbons (Fsp3) is 0.150. The highest BCUT2D eigenvalue weighted by Crippen LogP contribution is 2.19. The molecule has 2 aromatic carbocycles. The van der Waals surface area contributed by atoms with Crippen LogP contribution in [0.3, 0.4) is 0 Å². The number of amides is 1. The average molecular weight is 379 g/mol. The topological polar surface area (TPSA) is 69.5 Å². The number of allylic oxidation sites excluding steroid dienone is 1. The molecule has 0 N–H and O–H groups in total. The number of carbonyl (C=O) groups excluding carboxylic acids is 1. The van der Waals surface area contributed by atoms with Crippen molar-refractivity contribution in [3.8, 4) is 0 Å². The normalized spacial score (nSPS) is 12.1. The van der Waals surface area contributed by atoms with Gasteiger partial charge in [0.1, 0.15) is 6.54 Å². The molecule has 1 amide bonds. The van der Waals surface area contributed by atoms with Crippen molar-refractivity contribution in [3.05, 3.63) is 76.0 Å². The second-order valence-corrected chi connectivity index (χ2v) is 7.19. The third-order valence-corrected chi connectivity index (χ3v) is 5.28. The third-order valence-electron chi connectivity index (χ3n) is 4.24. The number of fused-ring (bicyclic) bond motifs is 2. The van der Waals surface area contributed by atoms with Gasteiger partial charge < -0.3 is 8.98 Å². The Balaban J connectivity index is 1.77. The summed E-state index contributed by atoms with van der Waals surface area (Å²) in [6.45, 7) is 6.19. The van der Waals surface area contributed by atoms with Crippen LogP contribution < -0.4 is 10.6 Å². The largest absolute Gasteiger partial charge is 0.420 e. The lowest BCUT2D eigenvalue weighted by molar-refractivity contribution is -0.118. The number of benzene rings is 2. The van der Waals surface area contributed by atoms with Crippen LogP contribution in [0.15, 0.2) is 69.3 Å². The number of hydrogen-bond acceptors (Lipinski definition) is 4. The standard InChI is InChI=1S/C20H17N3O3S/c1-3-10-22-15-9-8-13(2)11-17(15)27-19(22)21-18(24)12-23-14-6-4-5-7-16(14)26-20(23)25/h3-9,11H,1,10,12H2,2H3. The van der Waals surface area contributed by atoms with E-state index >= 15 is 0 Å². The van der Waals surface area contributed by atoms with Crippen LogP contribution in [0, 0.1) is 6.92 Å². The maximum Gasteiger partial charge on any atom is 0.420 e. The van der Waals surface area contributed by atoms with Gasteiger partial charge in [0.15, 0.2) is 10.4 Å². The number of aryl methyl sites for hydroxylation is 1. The van der Waals surface area contributed by atoms with Crippen LogP contribution in [0.25, 0.3) is 21.3 Å². The van der Waals surface area contributed by atoms with Crippen molar-refractivity contribution in [1.82, 2.24) is 9.13 Å². The van der Waals surface area contributed by atoms with Gasteiger partial charge in [-0.25, -0.2) is 4.79 Å². The maximum atomic E-state index is 12.6. The summed E-state index contributed by atoms with van der Waals surface area (Å²) in [5.74, 6) is -0.976. The Morgan fingerprint density at radius 1 is 1.22 bits per heavy atom. The zero-order valence-corrected chi connectivity index (χ0v) is 15.5. The fourth-order valence-electron chi connectivity index (χ4n) is 3.01. The van der Waals surface area contributed by atoms with Crippen molar-refractivity contribution in [2.45, 2.75) is 20.0 Å². The van der Waals surface area contributed by atoms with Crippen LogP contribution in [0.4, 0.5) is 0 Å². The molecule has 27 heavy (non-hydrogen) atoms. The van der Waals surface area contributed by atoms with E-state index in [1.54, 1.807) is 30.3 Å². The lowest BCUT2D eigenvalue weighted by Gasteiger charge is -2.01. The van der Waals surface area contributed by atoms with E-state index in [0.29, 0.717) is 22.4 Å². The molecule has 0 spiro atoms. The Morgan fingerprint density at radius 3 is 2.85 bits per heavy atom. The first-order chi connectivity index (χ1) is 13.1. The van der Waals surface area contributed by atoms with E-state index in [0.717, 1.165) is 15.8 Å². The van der Waals surface area contributed by atoms with E-state index in [2.05, 4.69) is 17.6 Å². The van der Waals surface area contributed by atoms with Gasteiger partial charge in [0.05, 0.1) is 15.7 Å². The number of rotatable bonds is 4. The summed E-state index contributed by atoms with van der Waals surface area (Å²) >= 11 is 1.44. The predicted molar refractivity (Wildman–Crippen MR) is 106 cm³/mol. The van der Waals surface area contributed by atoms with Crippen LogP contribution in [-0.4, -0.2) is 15.0 Å². The van der Waals surface area contributed by atoms with Crippen molar-refractivity contribution in [3.63, 3.8) is 0 Å². The van der Waals surface area contributed by atoms with E-state index in [1.165, 1.54) is 15.9 Å². The Kier molecular flexibility index (Phi) is 4.37. The molecule has 0 aliphatic carbocycles. The minimum absolute atomic E-state index is 0.169. The summed E-state index contributed by atoms with van der Waals surface area (Å²) in [5, 5.41) is 0. The number of aromatic nitrogens is 2. The fourth-order valence-corrected chi connectivity index (χ4v) is 4.17. The van der Waals surface area contributed by atoms with Gasteiger partial charge in [0.2, 0.25) is 0 Å². The van der Waals surface area contributed by atoms with Gasteiger partial charge in [-0.15, -0.1) is 6.58 Å². The SMILES string of the molecule is C=CCn1c(=NC(=O)Cn2c(=O)oc3ccccc32)sc2cc(C)ccc21. The zero-order chi connectivity index (χ0) is 19.0. The smallest absolute Gasteiger partial charge is 0.408 e. The van der Waals surface area contributed by atoms with Crippen molar-refractivity contribution in [2.24, 2.45) is 4.99 Å². The molecule has 4 aromatic rings. The Morgan fingerprint density at radius 2 is 2.04 bits per heavy atom. The van der Waals surface area contributed by atoms with Crippen molar-refractivity contribution < 1.29 is 9.21 Å². The molecular formula is C20H17N3O3S. The van der Waals surface area contributed by atoms with Gasteiger partial charge >= 0.3 is 5.76 Å². The molecular weight excluding hydrogens is 362 g/mol. The summed E-state index contributed by atoms with van der Waals surface area (Å²) in [7, 11) is 0. The van der Waals surface area contributed by atoms with Crippen molar-refractivity contribution in [1.29, 1.82) is 0 Å². The first-order valence-electron chi connectivity index (χ1n) is 8.43. The van der Waals surface area contributed by atoms with Gasteiger partial charge in [-0.05, 0) is 36.8 Å². The highest BCUT2D eigenvalue weighted by molar-refractivity contribution is 7.16. The Bertz CT molecular complexity index is 1300.